The van der Waals surface area contributed by atoms with Crippen LogP contribution in [0.3, 0.4) is 0 Å². The molecule has 1 atom stereocenters. The van der Waals surface area contributed by atoms with Crippen LogP contribution in [-0.4, -0.2) is 70.8 Å². The lowest BCUT2D eigenvalue weighted by molar-refractivity contribution is -0.126. The summed E-state index contributed by atoms with van der Waals surface area (Å²) >= 11 is 0. The van der Waals surface area contributed by atoms with Crippen molar-refractivity contribution >= 4 is 5.91 Å². The molecule has 2 saturated heterocycles. The summed E-state index contributed by atoms with van der Waals surface area (Å²) in [5, 5.41) is 7.60. The van der Waals surface area contributed by atoms with Gasteiger partial charge in [-0.3, -0.25) is 19.4 Å². The molecule has 0 radical (unpaired) electrons. The number of nitrogens with zero attached hydrogens (tertiary/aromatic N) is 4. The van der Waals surface area contributed by atoms with Gasteiger partial charge in [-0.15, -0.1) is 0 Å². The highest BCUT2D eigenvalue weighted by Crippen LogP contribution is 2.17. The summed E-state index contributed by atoms with van der Waals surface area (Å²) < 4.78 is 1.63. The topological polar surface area (TPSA) is 70.5 Å². The molecule has 0 spiro atoms. The number of hydrogen-bond donors (Lipinski definition) is 1. The highest BCUT2D eigenvalue weighted by atomic mass is 16.2. The molecule has 4 rings (SSSR count). The fraction of sp³-hybridized carbons (Fsp3) is 0.737. The molecule has 7 nitrogen and oxygen atoms in total. The summed E-state index contributed by atoms with van der Waals surface area (Å²) in [6.45, 7) is 6.05. The Morgan fingerprint density at radius 1 is 1.04 bits per heavy atom. The molecule has 3 heterocycles. The van der Waals surface area contributed by atoms with E-state index in [1.807, 2.05) is 0 Å². The molecule has 1 aromatic heterocycles. The third kappa shape index (κ3) is 3.83. The van der Waals surface area contributed by atoms with E-state index in [0.29, 0.717) is 6.54 Å². The van der Waals surface area contributed by atoms with E-state index < -0.39 is 0 Å². The minimum absolute atomic E-state index is 0.0272. The fourth-order valence-corrected chi connectivity index (χ4v) is 4.41. The van der Waals surface area contributed by atoms with Crippen LogP contribution in [-0.2, 0) is 24.2 Å². The summed E-state index contributed by atoms with van der Waals surface area (Å²) in [6, 6.07) is 1.82. The number of aryl methyl sites for hydroxylation is 2. The van der Waals surface area contributed by atoms with E-state index >= 15 is 0 Å². The standard InChI is InChI=1S/C19H29N5O2/c25-18-14-15-4-3-5-16(15)21-24(18)13-10-22-8-11-23(12-9-22)17-6-1-2-7-20-19(17)26/h14,17H,1-13H2,(H,20,26). The molecule has 7 heteroatoms. The van der Waals surface area contributed by atoms with Gasteiger partial charge >= 0.3 is 0 Å². The first-order valence-electron chi connectivity index (χ1n) is 10.0. The molecule has 0 saturated carbocycles. The van der Waals surface area contributed by atoms with Crippen molar-refractivity contribution in [1.82, 2.24) is 24.9 Å². The van der Waals surface area contributed by atoms with Crippen LogP contribution in [0.1, 0.15) is 36.9 Å². The zero-order chi connectivity index (χ0) is 17.9. The Hall–Kier alpha value is -1.73. The van der Waals surface area contributed by atoms with Gasteiger partial charge in [-0.25, -0.2) is 4.68 Å². The van der Waals surface area contributed by atoms with Crippen LogP contribution in [0.4, 0.5) is 0 Å². The summed E-state index contributed by atoms with van der Waals surface area (Å²) in [6.07, 6.45) is 6.29. The molecule has 3 aliphatic rings. The highest BCUT2D eigenvalue weighted by molar-refractivity contribution is 5.81. The van der Waals surface area contributed by atoms with Crippen molar-refractivity contribution in [2.24, 2.45) is 0 Å². The van der Waals surface area contributed by atoms with E-state index in [2.05, 4.69) is 20.2 Å². The number of piperazine rings is 1. The Morgan fingerprint density at radius 2 is 1.88 bits per heavy atom. The number of nitrogens with one attached hydrogen (secondary N) is 1. The normalized spacial score (nSPS) is 24.9. The van der Waals surface area contributed by atoms with Gasteiger partial charge in [-0.05, 0) is 44.1 Å². The van der Waals surface area contributed by atoms with Gasteiger partial charge in [0.25, 0.3) is 5.56 Å². The minimum atomic E-state index is 0.0272. The lowest BCUT2D eigenvalue weighted by Crippen LogP contribution is -2.54. The lowest BCUT2D eigenvalue weighted by atomic mass is 10.1. The van der Waals surface area contributed by atoms with Gasteiger partial charge in [0.1, 0.15) is 0 Å². The van der Waals surface area contributed by atoms with Crippen LogP contribution < -0.4 is 10.9 Å². The third-order valence-corrected chi connectivity index (χ3v) is 6.01. The van der Waals surface area contributed by atoms with Crippen molar-refractivity contribution in [3.05, 3.63) is 27.7 Å². The predicted molar refractivity (Wildman–Crippen MR) is 99.2 cm³/mol. The van der Waals surface area contributed by atoms with E-state index in [1.54, 1.807) is 10.7 Å². The van der Waals surface area contributed by atoms with E-state index in [9.17, 15) is 9.59 Å². The molecule has 0 aromatic carbocycles. The maximum absolute atomic E-state index is 12.2. The van der Waals surface area contributed by atoms with Gasteiger partial charge in [-0.2, -0.15) is 5.10 Å². The number of carbonyl (C=O) groups excluding carboxylic acids is 1. The predicted octanol–water partition coefficient (Wildman–Crippen LogP) is 0.0183. The van der Waals surface area contributed by atoms with Crippen molar-refractivity contribution in [3.63, 3.8) is 0 Å². The van der Waals surface area contributed by atoms with Gasteiger partial charge in [0.15, 0.2) is 0 Å². The molecule has 1 N–H and O–H groups in total. The Morgan fingerprint density at radius 3 is 2.73 bits per heavy atom. The SMILES string of the molecule is O=C1NCCCCC1N1CCN(CCn2nc3c(cc2=O)CCC3)CC1. The largest absolute Gasteiger partial charge is 0.355 e. The average molecular weight is 359 g/mol. The van der Waals surface area contributed by atoms with E-state index in [0.717, 1.165) is 89.1 Å². The van der Waals surface area contributed by atoms with Crippen LogP contribution in [0.2, 0.25) is 0 Å². The van der Waals surface area contributed by atoms with Crippen molar-refractivity contribution in [1.29, 1.82) is 0 Å². The van der Waals surface area contributed by atoms with Crippen LogP contribution in [0.15, 0.2) is 10.9 Å². The molecule has 1 unspecified atom stereocenters. The smallest absolute Gasteiger partial charge is 0.267 e. The second-order valence-electron chi connectivity index (χ2n) is 7.71. The van der Waals surface area contributed by atoms with E-state index in [4.69, 9.17) is 0 Å². The first-order chi connectivity index (χ1) is 12.7. The van der Waals surface area contributed by atoms with Gasteiger partial charge in [0, 0.05) is 45.3 Å². The maximum atomic E-state index is 12.2. The fourth-order valence-electron chi connectivity index (χ4n) is 4.41. The number of fused-ring (bicyclic) bond motifs is 1. The highest BCUT2D eigenvalue weighted by Gasteiger charge is 2.29. The van der Waals surface area contributed by atoms with Crippen LogP contribution in [0, 0.1) is 0 Å². The minimum Gasteiger partial charge on any atom is -0.355 e. The number of aromatic nitrogens is 2. The third-order valence-electron chi connectivity index (χ3n) is 6.01. The summed E-state index contributed by atoms with van der Waals surface area (Å²) in [5.74, 6) is 0.199. The van der Waals surface area contributed by atoms with Crippen LogP contribution >= 0.6 is 0 Å². The van der Waals surface area contributed by atoms with Gasteiger partial charge in [-0.1, -0.05) is 0 Å². The average Bonchev–Trinajstić information content (AvgIpc) is 2.99. The van der Waals surface area contributed by atoms with Crippen LogP contribution in [0.25, 0.3) is 0 Å². The Kier molecular flexibility index (Phi) is 5.36. The number of rotatable bonds is 4. The number of hydrogen-bond acceptors (Lipinski definition) is 5. The first-order valence-corrected chi connectivity index (χ1v) is 10.0. The van der Waals surface area contributed by atoms with Gasteiger partial charge in [0.2, 0.25) is 5.91 Å². The molecule has 1 aliphatic carbocycles. The quantitative estimate of drug-likeness (QED) is 0.821. The van der Waals surface area contributed by atoms with Crippen molar-refractivity contribution < 1.29 is 4.79 Å². The Labute approximate surface area is 154 Å². The van der Waals surface area contributed by atoms with E-state index in [-0.39, 0.29) is 17.5 Å². The Bertz CT molecular complexity index is 708. The second kappa shape index (κ2) is 7.88. The molecule has 1 amide bonds. The molecular formula is C19H29N5O2. The van der Waals surface area contributed by atoms with E-state index in [1.165, 1.54) is 0 Å². The number of amides is 1. The molecule has 26 heavy (non-hydrogen) atoms. The summed E-state index contributed by atoms with van der Waals surface area (Å²) in [7, 11) is 0. The number of carbonyl (C=O) groups is 1. The van der Waals surface area contributed by atoms with Crippen molar-refractivity contribution in [2.75, 3.05) is 39.3 Å². The van der Waals surface area contributed by atoms with Crippen LogP contribution in [0.5, 0.6) is 0 Å². The molecular weight excluding hydrogens is 330 g/mol. The molecule has 2 aliphatic heterocycles. The lowest BCUT2D eigenvalue weighted by Gasteiger charge is -2.38. The molecule has 2 fully saturated rings. The molecule has 1 aromatic rings. The van der Waals surface area contributed by atoms with Crippen molar-refractivity contribution in [2.45, 2.75) is 51.1 Å². The Balaban J connectivity index is 1.29. The van der Waals surface area contributed by atoms with Gasteiger partial charge in [0.05, 0.1) is 18.3 Å². The van der Waals surface area contributed by atoms with Gasteiger partial charge < -0.3 is 5.32 Å². The first kappa shape index (κ1) is 17.7. The maximum Gasteiger partial charge on any atom is 0.267 e. The monoisotopic (exact) mass is 359 g/mol. The zero-order valence-electron chi connectivity index (χ0n) is 15.5. The second-order valence-corrected chi connectivity index (χ2v) is 7.71. The molecule has 0 bridgehead atoms. The summed E-state index contributed by atoms with van der Waals surface area (Å²) in [5.41, 5.74) is 2.27. The molecule has 142 valence electrons. The van der Waals surface area contributed by atoms with Crippen molar-refractivity contribution in [3.8, 4) is 0 Å². The summed E-state index contributed by atoms with van der Waals surface area (Å²) in [4.78, 5) is 29.1. The zero-order valence-corrected chi connectivity index (χ0v) is 15.5.